The second kappa shape index (κ2) is 7.88. The first-order valence-electron chi connectivity index (χ1n) is 7.33. The Balaban J connectivity index is 0.00000242. The summed E-state index contributed by atoms with van der Waals surface area (Å²) in [4.78, 5) is 11.9. The molecule has 0 aromatic heterocycles. The lowest BCUT2D eigenvalue weighted by molar-refractivity contribution is -0.120. The van der Waals surface area contributed by atoms with E-state index in [2.05, 4.69) is 24.5 Å². The van der Waals surface area contributed by atoms with Crippen LogP contribution in [0.4, 0.5) is 8.78 Å². The summed E-state index contributed by atoms with van der Waals surface area (Å²) >= 11 is 0. The summed E-state index contributed by atoms with van der Waals surface area (Å²) in [7, 11) is 0. The molecule has 0 spiro atoms. The van der Waals surface area contributed by atoms with E-state index in [0.29, 0.717) is 6.54 Å². The summed E-state index contributed by atoms with van der Waals surface area (Å²) < 4.78 is 26.6. The van der Waals surface area contributed by atoms with E-state index >= 15 is 0 Å². The van der Waals surface area contributed by atoms with Crippen molar-refractivity contribution in [2.45, 2.75) is 39.2 Å². The third-order valence-corrected chi connectivity index (χ3v) is 4.22. The van der Waals surface area contributed by atoms with Crippen LogP contribution >= 0.6 is 12.4 Å². The molecule has 0 bridgehead atoms. The molecular weight excluding hydrogens is 310 g/mol. The van der Waals surface area contributed by atoms with Gasteiger partial charge in [-0.05, 0) is 30.9 Å². The molecule has 1 heterocycles. The summed E-state index contributed by atoms with van der Waals surface area (Å²) in [5.74, 6) is -2.15. The van der Waals surface area contributed by atoms with Crippen molar-refractivity contribution in [3.63, 3.8) is 0 Å². The summed E-state index contributed by atoms with van der Waals surface area (Å²) in [6.45, 7) is 5.79. The summed E-state index contributed by atoms with van der Waals surface area (Å²) in [5, 5.41) is 6.21. The van der Waals surface area contributed by atoms with Crippen LogP contribution in [0.3, 0.4) is 0 Å². The lowest BCUT2D eigenvalue weighted by Crippen LogP contribution is -2.53. The van der Waals surface area contributed by atoms with E-state index in [1.54, 1.807) is 0 Å². The largest absolute Gasteiger partial charge is 0.354 e. The maximum atomic E-state index is 13.5. The Morgan fingerprint density at radius 1 is 1.41 bits per heavy atom. The molecular formula is C16H23ClF2N2O. The van der Waals surface area contributed by atoms with Crippen molar-refractivity contribution in [1.82, 2.24) is 10.6 Å². The zero-order chi connectivity index (χ0) is 15.5. The highest BCUT2D eigenvalue weighted by atomic mass is 35.5. The number of amides is 1. The number of nitrogens with one attached hydrogen (secondary N) is 2. The first kappa shape index (κ1) is 18.8. The number of halogens is 3. The van der Waals surface area contributed by atoms with Crippen LogP contribution in [-0.4, -0.2) is 25.0 Å². The van der Waals surface area contributed by atoms with Crippen LogP contribution in [0, 0.1) is 17.0 Å². The van der Waals surface area contributed by atoms with Crippen molar-refractivity contribution in [3.05, 3.63) is 35.4 Å². The minimum absolute atomic E-state index is 0. The molecule has 0 radical (unpaired) electrons. The number of rotatable bonds is 4. The first-order valence-corrected chi connectivity index (χ1v) is 7.33. The minimum Gasteiger partial charge on any atom is -0.354 e. The minimum atomic E-state index is -0.941. The molecule has 1 aromatic carbocycles. The van der Waals surface area contributed by atoms with E-state index in [1.807, 2.05) is 0 Å². The molecule has 22 heavy (non-hydrogen) atoms. The molecule has 1 aromatic rings. The smallest absolute Gasteiger partial charge is 0.224 e. The summed E-state index contributed by atoms with van der Waals surface area (Å²) in [6, 6.07) is 4.09. The number of carbonyl (C=O) groups is 1. The normalized spacial score (nSPS) is 20.1. The third kappa shape index (κ3) is 4.65. The third-order valence-electron chi connectivity index (χ3n) is 4.22. The quantitative estimate of drug-likeness (QED) is 0.890. The fraction of sp³-hybridized carbons (Fsp3) is 0.562. The highest BCUT2D eigenvalue weighted by Crippen LogP contribution is 2.29. The number of hydrogen-bond donors (Lipinski definition) is 2. The molecule has 1 aliphatic heterocycles. The van der Waals surface area contributed by atoms with Gasteiger partial charge in [-0.25, -0.2) is 8.78 Å². The van der Waals surface area contributed by atoms with Crippen LogP contribution in [0.25, 0.3) is 0 Å². The van der Waals surface area contributed by atoms with Crippen LogP contribution < -0.4 is 10.6 Å². The van der Waals surface area contributed by atoms with Gasteiger partial charge in [-0.3, -0.25) is 4.79 Å². The Kier molecular flexibility index (Phi) is 6.75. The molecule has 1 saturated heterocycles. The van der Waals surface area contributed by atoms with Crippen molar-refractivity contribution in [3.8, 4) is 0 Å². The van der Waals surface area contributed by atoms with E-state index in [-0.39, 0.29) is 41.8 Å². The number of benzene rings is 1. The first-order chi connectivity index (χ1) is 9.90. The van der Waals surface area contributed by atoms with Gasteiger partial charge in [-0.15, -0.1) is 12.4 Å². The van der Waals surface area contributed by atoms with Gasteiger partial charge in [0.15, 0.2) is 11.6 Å². The van der Waals surface area contributed by atoms with Gasteiger partial charge in [-0.1, -0.05) is 26.0 Å². The average molecular weight is 333 g/mol. The van der Waals surface area contributed by atoms with Gasteiger partial charge in [0.2, 0.25) is 5.91 Å². The molecule has 0 aliphatic carbocycles. The molecule has 2 rings (SSSR count). The Labute approximate surface area is 136 Å². The maximum absolute atomic E-state index is 13.5. The van der Waals surface area contributed by atoms with Gasteiger partial charge in [0, 0.05) is 18.2 Å². The molecule has 6 heteroatoms. The van der Waals surface area contributed by atoms with E-state index in [4.69, 9.17) is 0 Å². The van der Waals surface area contributed by atoms with Crippen molar-refractivity contribution in [2.24, 2.45) is 5.41 Å². The molecule has 2 N–H and O–H groups in total. The SMILES string of the molecule is CC1(C)CCCNC1CNC(=O)Cc1cccc(F)c1F.Cl. The second-order valence-corrected chi connectivity index (χ2v) is 6.29. The van der Waals surface area contributed by atoms with E-state index in [0.717, 1.165) is 25.5 Å². The standard InChI is InChI=1S/C16H22F2N2O.ClH/c1-16(2)7-4-8-19-13(16)10-20-14(21)9-11-5-3-6-12(17)15(11)18;/h3,5-6,13,19H,4,7-10H2,1-2H3,(H,20,21);1H. The zero-order valence-corrected chi connectivity index (χ0v) is 13.7. The lowest BCUT2D eigenvalue weighted by Gasteiger charge is -2.39. The fourth-order valence-corrected chi connectivity index (χ4v) is 2.76. The van der Waals surface area contributed by atoms with Crippen LogP contribution in [0.5, 0.6) is 0 Å². The number of hydrogen-bond acceptors (Lipinski definition) is 2. The van der Waals surface area contributed by atoms with Gasteiger partial charge < -0.3 is 10.6 Å². The molecule has 1 amide bonds. The predicted molar refractivity (Wildman–Crippen MR) is 85.1 cm³/mol. The molecule has 0 saturated carbocycles. The highest BCUT2D eigenvalue weighted by Gasteiger charge is 2.31. The van der Waals surface area contributed by atoms with Crippen LogP contribution in [0.15, 0.2) is 18.2 Å². The van der Waals surface area contributed by atoms with Crippen LogP contribution in [-0.2, 0) is 11.2 Å². The number of piperidine rings is 1. The van der Waals surface area contributed by atoms with Gasteiger partial charge >= 0.3 is 0 Å². The van der Waals surface area contributed by atoms with Crippen molar-refractivity contribution in [1.29, 1.82) is 0 Å². The average Bonchev–Trinajstić information content (AvgIpc) is 2.42. The van der Waals surface area contributed by atoms with Crippen molar-refractivity contribution in [2.75, 3.05) is 13.1 Å². The predicted octanol–water partition coefficient (Wildman–Crippen LogP) is 2.82. The summed E-state index contributed by atoms with van der Waals surface area (Å²) in [5.41, 5.74) is 0.207. The molecule has 1 fully saturated rings. The Bertz CT molecular complexity index is 523. The van der Waals surface area contributed by atoms with Crippen LogP contribution in [0.2, 0.25) is 0 Å². The van der Waals surface area contributed by atoms with E-state index in [1.165, 1.54) is 12.1 Å². The second-order valence-electron chi connectivity index (χ2n) is 6.29. The van der Waals surface area contributed by atoms with Crippen molar-refractivity contribution < 1.29 is 13.6 Å². The molecule has 1 aliphatic rings. The Morgan fingerprint density at radius 2 is 2.14 bits per heavy atom. The molecule has 3 nitrogen and oxygen atoms in total. The van der Waals surface area contributed by atoms with E-state index < -0.39 is 11.6 Å². The van der Waals surface area contributed by atoms with E-state index in [9.17, 15) is 13.6 Å². The zero-order valence-electron chi connectivity index (χ0n) is 12.9. The topological polar surface area (TPSA) is 41.1 Å². The van der Waals surface area contributed by atoms with Gasteiger partial charge in [0.05, 0.1) is 6.42 Å². The summed E-state index contributed by atoms with van der Waals surface area (Å²) in [6.07, 6.45) is 2.10. The Hall–Kier alpha value is -1.20. The Morgan fingerprint density at radius 3 is 2.82 bits per heavy atom. The van der Waals surface area contributed by atoms with Crippen LogP contribution in [0.1, 0.15) is 32.3 Å². The monoisotopic (exact) mass is 332 g/mol. The van der Waals surface area contributed by atoms with Gasteiger partial charge in [0.1, 0.15) is 0 Å². The fourth-order valence-electron chi connectivity index (χ4n) is 2.76. The molecule has 124 valence electrons. The van der Waals surface area contributed by atoms with Crippen molar-refractivity contribution >= 4 is 18.3 Å². The molecule has 1 atom stereocenters. The lowest BCUT2D eigenvalue weighted by atomic mass is 9.77. The highest BCUT2D eigenvalue weighted by molar-refractivity contribution is 5.85. The van der Waals surface area contributed by atoms with Gasteiger partial charge in [0.25, 0.3) is 0 Å². The maximum Gasteiger partial charge on any atom is 0.224 e. The molecule has 1 unspecified atom stereocenters. The van der Waals surface area contributed by atoms with Gasteiger partial charge in [-0.2, -0.15) is 0 Å². The number of carbonyl (C=O) groups excluding carboxylic acids is 1.